The standard InChI is InChI=1S/C34H32N6O5S/c1-5-35-27-17-29-25(15-19(27)3)34(26-16-20(4)28(36-6-2)18-30(26)45-29)24-10-8-7-9-23(24)32(42)39(34)38-33(46)37-31(41)21-11-13-22(14-12-21)40(43)44/h7-18,35-36H,5-6H2,1-4H3,(H2,37,38,41,46). The van der Waals surface area contributed by atoms with E-state index in [2.05, 4.69) is 21.4 Å². The van der Waals surface area contributed by atoms with Gasteiger partial charge in [0, 0.05) is 76.5 Å². The molecule has 0 aliphatic carbocycles. The molecular formula is C34H32N6O5S. The highest BCUT2D eigenvalue weighted by molar-refractivity contribution is 7.80. The fourth-order valence-electron chi connectivity index (χ4n) is 6.22. The molecule has 4 N–H and O–H groups in total. The molecule has 0 saturated heterocycles. The molecule has 4 aromatic rings. The number of nitro groups is 1. The number of thiocarbonyl (C=S) groups is 1. The number of nitro benzene ring substituents is 1. The fourth-order valence-corrected chi connectivity index (χ4v) is 6.40. The second-order valence-corrected chi connectivity index (χ2v) is 11.5. The highest BCUT2D eigenvalue weighted by Crippen LogP contribution is 2.58. The number of hydrogen-bond acceptors (Lipinski definition) is 8. The van der Waals surface area contributed by atoms with Crippen molar-refractivity contribution in [2.45, 2.75) is 33.2 Å². The first kappa shape index (κ1) is 30.5. The third kappa shape index (κ3) is 4.87. The van der Waals surface area contributed by atoms with Crippen LogP contribution in [0.25, 0.3) is 0 Å². The van der Waals surface area contributed by atoms with Gasteiger partial charge in [0.05, 0.1) is 4.92 Å². The molecule has 0 bridgehead atoms. The summed E-state index contributed by atoms with van der Waals surface area (Å²) in [6, 6.07) is 20.5. The summed E-state index contributed by atoms with van der Waals surface area (Å²) in [5.74, 6) is 0.203. The molecule has 46 heavy (non-hydrogen) atoms. The largest absolute Gasteiger partial charge is 0.456 e. The van der Waals surface area contributed by atoms with E-state index in [1.165, 1.54) is 29.3 Å². The zero-order chi connectivity index (χ0) is 32.7. The predicted molar refractivity (Wildman–Crippen MR) is 180 cm³/mol. The Labute approximate surface area is 271 Å². The van der Waals surface area contributed by atoms with Crippen LogP contribution >= 0.6 is 12.2 Å². The Kier molecular flexibility index (Phi) is 7.82. The molecule has 2 heterocycles. The number of non-ortho nitro benzene ring substituents is 1. The number of carbonyl (C=O) groups is 2. The second-order valence-electron chi connectivity index (χ2n) is 11.1. The Morgan fingerprint density at radius 2 is 1.46 bits per heavy atom. The highest BCUT2D eigenvalue weighted by Gasteiger charge is 2.57. The summed E-state index contributed by atoms with van der Waals surface area (Å²) in [5.41, 5.74) is 8.23. The average Bonchev–Trinajstić information content (AvgIpc) is 3.27. The van der Waals surface area contributed by atoms with Gasteiger partial charge in [0.15, 0.2) is 5.11 Å². The quantitative estimate of drug-likeness (QED) is 0.107. The maximum Gasteiger partial charge on any atom is 0.274 e. The number of nitrogens with one attached hydrogen (secondary N) is 4. The maximum absolute atomic E-state index is 14.4. The van der Waals surface area contributed by atoms with Crippen LogP contribution in [0, 0.1) is 24.0 Å². The van der Waals surface area contributed by atoms with E-state index in [4.69, 9.17) is 17.0 Å². The summed E-state index contributed by atoms with van der Waals surface area (Å²) in [6.07, 6.45) is 0. The van der Waals surface area contributed by atoms with Crippen LogP contribution in [0.5, 0.6) is 11.5 Å². The van der Waals surface area contributed by atoms with Crippen molar-refractivity contribution in [3.63, 3.8) is 0 Å². The summed E-state index contributed by atoms with van der Waals surface area (Å²) in [6.45, 7) is 9.45. The smallest absolute Gasteiger partial charge is 0.274 e. The van der Waals surface area contributed by atoms with Gasteiger partial charge in [-0.1, -0.05) is 18.2 Å². The predicted octanol–water partition coefficient (Wildman–Crippen LogP) is 6.15. The molecule has 6 rings (SSSR count). The number of amides is 2. The lowest BCUT2D eigenvalue weighted by Crippen LogP contribution is -2.58. The van der Waals surface area contributed by atoms with E-state index in [1.807, 2.05) is 70.2 Å². The van der Waals surface area contributed by atoms with Gasteiger partial charge in [-0.05, 0) is 81.4 Å². The van der Waals surface area contributed by atoms with Crippen LogP contribution in [0.2, 0.25) is 0 Å². The summed E-state index contributed by atoms with van der Waals surface area (Å²) in [5, 5.41) is 21.8. The van der Waals surface area contributed by atoms with Crippen molar-refractivity contribution in [1.29, 1.82) is 0 Å². The Hall–Kier alpha value is -5.49. The average molecular weight is 637 g/mol. The van der Waals surface area contributed by atoms with E-state index < -0.39 is 16.4 Å². The monoisotopic (exact) mass is 636 g/mol. The number of ether oxygens (including phenoxy) is 1. The third-order valence-corrected chi connectivity index (χ3v) is 8.45. The Morgan fingerprint density at radius 3 is 2.00 bits per heavy atom. The number of nitrogens with zero attached hydrogens (tertiary/aromatic N) is 2. The van der Waals surface area contributed by atoms with Crippen molar-refractivity contribution < 1.29 is 19.2 Å². The van der Waals surface area contributed by atoms with Gasteiger partial charge in [-0.25, -0.2) is 5.01 Å². The molecular weight excluding hydrogens is 604 g/mol. The Balaban J connectivity index is 1.50. The first-order valence-corrected chi connectivity index (χ1v) is 15.3. The highest BCUT2D eigenvalue weighted by atomic mass is 32.1. The van der Waals surface area contributed by atoms with Crippen LogP contribution in [0.4, 0.5) is 17.1 Å². The number of anilines is 2. The van der Waals surface area contributed by atoms with Crippen molar-refractivity contribution >= 4 is 46.2 Å². The number of benzene rings is 4. The van der Waals surface area contributed by atoms with Gasteiger partial charge in [-0.3, -0.25) is 30.4 Å². The van der Waals surface area contributed by atoms with Gasteiger partial charge in [0.1, 0.15) is 17.0 Å². The first-order chi connectivity index (χ1) is 22.1. The summed E-state index contributed by atoms with van der Waals surface area (Å²) in [4.78, 5) is 38.0. The van der Waals surface area contributed by atoms with E-state index in [1.54, 1.807) is 6.07 Å². The molecule has 0 atom stereocenters. The lowest BCUT2D eigenvalue weighted by Gasteiger charge is -2.44. The van der Waals surface area contributed by atoms with Gasteiger partial charge < -0.3 is 15.4 Å². The zero-order valence-corrected chi connectivity index (χ0v) is 26.5. The van der Waals surface area contributed by atoms with Crippen molar-refractivity contribution in [2.75, 3.05) is 23.7 Å². The number of carbonyl (C=O) groups excluding carboxylic acids is 2. The summed E-state index contributed by atoms with van der Waals surface area (Å²) >= 11 is 5.61. The van der Waals surface area contributed by atoms with Gasteiger partial charge >= 0.3 is 0 Å². The van der Waals surface area contributed by atoms with Crippen LogP contribution in [0.15, 0.2) is 72.8 Å². The Bertz CT molecular complexity index is 1860. The second kappa shape index (κ2) is 11.8. The van der Waals surface area contributed by atoms with Crippen LogP contribution in [0.1, 0.15) is 62.4 Å². The molecule has 0 unspecified atom stereocenters. The minimum atomic E-state index is -1.23. The van der Waals surface area contributed by atoms with E-state index >= 15 is 0 Å². The topological polar surface area (TPSA) is 138 Å². The molecule has 11 nitrogen and oxygen atoms in total. The maximum atomic E-state index is 14.4. The molecule has 2 aliphatic rings. The molecule has 234 valence electrons. The summed E-state index contributed by atoms with van der Waals surface area (Å²) < 4.78 is 6.60. The van der Waals surface area contributed by atoms with E-state index in [0.717, 1.165) is 39.2 Å². The molecule has 1 spiro atoms. The molecule has 4 aromatic carbocycles. The number of fused-ring (bicyclic) bond motifs is 6. The van der Waals surface area contributed by atoms with Crippen LogP contribution < -0.4 is 26.1 Å². The van der Waals surface area contributed by atoms with Gasteiger partial charge in [-0.2, -0.15) is 0 Å². The molecule has 2 amide bonds. The van der Waals surface area contributed by atoms with Crippen LogP contribution in [0.3, 0.4) is 0 Å². The molecule has 0 radical (unpaired) electrons. The number of aryl methyl sites for hydroxylation is 2. The number of rotatable bonds is 7. The fraction of sp³-hybridized carbons (Fsp3) is 0.206. The number of hydrogen-bond donors (Lipinski definition) is 4. The molecule has 2 aliphatic heterocycles. The van der Waals surface area contributed by atoms with Crippen molar-refractivity contribution in [3.05, 3.63) is 122 Å². The van der Waals surface area contributed by atoms with Crippen molar-refractivity contribution in [1.82, 2.24) is 15.8 Å². The Morgan fingerprint density at radius 1 is 0.891 bits per heavy atom. The lowest BCUT2D eigenvalue weighted by atomic mass is 9.74. The summed E-state index contributed by atoms with van der Waals surface area (Å²) in [7, 11) is 0. The van der Waals surface area contributed by atoms with E-state index in [0.29, 0.717) is 30.2 Å². The van der Waals surface area contributed by atoms with Crippen molar-refractivity contribution in [3.8, 4) is 11.5 Å². The molecule has 0 saturated carbocycles. The SMILES string of the molecule is CCNc1cc2c(cc1C)C1(c3cc(C)c(NCC)cc3O2)c2ccccc2C(=O)N1NC(=S)NC(=O)c1ccc([N+](=O)[O-])cc1. The van der Waals surface area contributed by atoms with Gasteiger partial charge in [0.25, 0.3) is 17.5 Å². The van der Waals surface area contributed by atoms with Crippen molar-refractivity contribution in [2.24, 2.45) is 0 Å². The normalized spacial score (nSPS) is 13.7. The minimum Gasteiger partial charge on any atom is -0.456 e. The lowest BCUT2D eigenvalue weighted by molar-refractivity contribution is -0.384. The van der Waals surface area contributed by atoms with Gasteiger partial charge in [0.2, 0.25) is 0 Å². The van der Waals surface area contributed by atoms with Crippen LogP contribution in [-0.2, 0) is 5.54 Å². The number of hydrazine groups is 1. The van der Waals surface area contributed by atoms with Gasteiger partial charge in [-0.15, -0.1) is 0 Å². The van der Waals surface area contributed by atoms with E-state index in [9.17, 15) is 19.7 Å². The first-order valence-electron chi connectivity index (χ1n) is 14.9. The van der Waals surface area contributed by atoms with Crippen LogP contribution in [-0.4, -0.2) is 39.9 Å². The minimum absolute atomic E-state index is 0.125. The zero-order valence-electron chi connectivity index (χ0n) is 25.7. The molecule has 0 aromatic heterocycles. The van der Waals surface area contributed by atoms with E-state index in [-0.39, 0.29) is 22.3 Å². The molecule has 0 fully saturated rings. The third-order valence-electron chi connectivity index (χ3n) is 8.25. The molecule has 12 heteroatoms.